The largest absolute Gasteiger partial charge is 0.492 e. The van der Waals surface area contributed by atoms with Gasteiger partial charge in [0.2, 0.25) is 5.95 Å². The fraction of sp³-hybridized carbons (Fsp3) is 0.333. The minimum Gasteiger partial charge on any atom is -0.492 e. The fourth-order valence-corrected chi connectivity index (χ4v) is 6.67. The number of aryl methyl sites for hydroxylation is 1. The van der Waals surface area contributed by atoms with Crippen molar-refractivity contribution in [3.8, 4) is 16.3 Å². The molecule has 1 fully saturated rings. The number of aromatic nitrogens is 4. The maximum Gasteiger partial charge on any atom is 0.276 e. The number of H-pyrrole nitrogens is 1. The summed E-state index contributed by atoms with van der Waals surface area (Å²) in [5.74, 6) is 1.89. The van der Waals surface area contributed by atoms with Crippen LogP contribution in [0.3, 0.4) is 0 Å². The van der Waals surface area contributed by atoms with Gasteiger partial charge in [-0.05, 0) is 81.2 Å². The van der Waals surface area contributed by atoms with Crippen LogP contribution in [-0.2, 0) is 13.0 Å². The lowest BCUT2D eigenvalue weighted by molar-refractivity contribution is 0.0725. The van der Waals surface area contributed by atoms with Gasteiger partial charge in [0, 0.05) is 47.8 Å². The zero-order valence-electron chi connectivity index (χ0n) is 22.9. The predicted octanol–water partition coefficient (Wildman–Crippen LogP) is 5.40. The van der Waals surface area contributed by atoms with Gasteiger partial charge in [0.25, 0.3) is 5.91 Å². The summed E-state index contributed by atoms with van der Waals surface area (Å²) in [6.07, 6.45) is 5.25. The number of hydrogen-bond acceptors (Lipinski definition) is 9. The van der Waals surface area contributed by atoms with Gasteiger partial charge in [0.05, 0.1) is 10.6 Å². The molecule has 41 heavy (non-hydrogen) atoms. The Morgan fingerprint density at radius 3 is 2.78 bits per heavy atom. The van der Waals surface area contributed by atoms with Gasteiger partial charge in [0.1, 0.15) is 23.8 Å². The zero-order valence-corrected chi connectivity index (χ0v) is 23.7. The molecule has 2 N–H and O–H groups in total. The molecule has 1 saturated heterocycles. The highest BCUT2D eigenvalue weighted by atomic mass is 32.1. The molecule has 0 bridgehead atoms. The lowest BCUT2D eigenvalue weighted by Crippen LogP contribution is -2.35. The number of carbonyl (C=O) groups excluding carboxylic acids is 1. The highest BCUT2D eigenvalue weighted by molar-refractivity contribution is 7.15. The Hall–Kier alpha value is -4.22. The summed E-state index contributed by atoms with van der Waals surface area (Å²) in [7, 11) is 0. The Morgan fingerprint density at radius 2 is 1.98 bits per heavy atom. The van der Waals surface area contributed by atoms with Crippen LogP contribution in [0.5, 0.6) is 5.75 Å². The number of hydrogen-bond donors (Lipinski definition) is 2. The number of ether oxygens (including phenoxy) is 1. The Morgan fingerprint density at radius 1 is 1.12 bits per heavy atom. The van der Waals surface area contributed by atoms with Crippen LogP contribution in [0.4, 0.5) is 11.6 Å². The number of thiophene rings is 1. The summed E-state index contributed by atoms with van der Waals surface area (Å²) in [5.41, 5.74) is 4.01. The number of fused-ring (bicyclic) bond motifs is 2. The molecule has 0 radical (unpaired) electrons. The van der Waals surface area contributed by atoms with E-state index < -0.39 is 0 Å². The summed E-state index contributed by atoms with van der Waals surface area (Å²) in [4.78, 5) is 32.4. The van der Waals surface area contributed by atoms with Gasteiger partial charge in [-0.1, -0.05) is 5.16 Å². The van der Waals surface area contributed by atoms with E-state index in [4.69, 9.17) is 19.2 Å². The smallest absolute Gasteiger partial charge is 0.276 e. The van der Waals surface area contributed by atoms with Crippen molar-refractivity contribution >= 4 is 39.9 Å². The minimum atomic E-state index is -0.107. The molecule has 1 aromatic carbocycles. The van der Waals surface area contributed by atoms with Gasteiger partial charge in [0.15, 0.2) is 5.69 Å². The molecule has 7 rings (SSSR count). The van der Waals surface area contributed by atoms with E-state index in [9.17, 15) is 4.79 Å². The third-order valence-electron chi connectivity index (χ3n) is 7.64. The summed E-state index contributed by atoms with van der Waals surface area (Å²) in [6, 6.07) is 13.8. The molecule has 0 unspecified atom stereocenters. The van der Waals surface area contributed by atoms with Crippen molar-refractivity contribution in [3.63, 3.8) is 0 Å². The van der Waals surface area contributed by atoms with Crippen LogP contribution in [0.15, 0.2) is 53.2 Å². The molecule has 2 aliphatic heterocycles. The van der Waals surface area contributed by atoms with E-state index in [0.29, 0.717) is 37.1 Å². The first-order valence-electron chi connectivity index (χ1n) is 14.0. The molecule has 4 aromatic heterocycles. The van der Waals surface area contributed by atoms with Gasteiger partial charge in [-0.3, -0.25) is 9.69 Å². The van der Waals surface area contributed by atoms with Crippen LogP contribution < -0.4 is 10.1 Å². The number of nitrogens with zero attached hydrogens (tertiary/aromatic N) is 5. The minimum absolute atomic E-state index is 0.107. The molecule has 0 saturated carbocycles. The number of amides is 1. The van der Waals surface area contributed by atoms with Crippen LogP contribution in [0, 0.1) is 6.92 Å². The van der Waals surface area contributed by atoms with Crippen LogP contribution in [0.2, 0.25) is 0 Å². The topological polar surface area (TPSA) is 112 Å². The lowest BCUT2D eigenvalue weighted by Gasteiger charge is -2.25. The van der Waals surface area contributed by atoms with Crippen molar-refractivity contribution in [1.82, 2.24) is 29.9 Å². The molecular weight excluding hydrogens is 538 g/mol. The number of aromatic amines is 1. The average molecular weight is 570 g/mol. The molecule has 2 aliphatic rings. The second-order valence-corrected chi connectivity index (χ2v) is 11.7. The Labute approximate surface area is 241 Å². The van der Waals surface area contributed by atoms with Crippen molar-refractivity contribution in [3.05, 3.63) is 70.6 Å². The van der Waals surface area contributed by atoms with Crippen LogP contribution in [-0.4, -0.2) is 68.6 Å². The molecule has 210 valence electrons. The first kappa shape index (κ1) is 25.7. The number of carbonyl (C=O) groups is 1. The molecular formula is C30H31N7O3S. The van der Waals surface area contributed by atoms with Gasteiger partial charge in [-0.25, -0.2) is 4.98 Å². The van der Waals surface area contributed by atoms with Crippen LogP contribution in [0.25, 0.3) is 21.6 Å². The van der Waals surface area contributed by atoms with Crippen LogP contribution in [0.1, 0.15) is 39.5 Å². The first-order chi connectivity index (χ1) is 20.1. The predicted molar refractivity (Wildman–Crippen MR) is 158 cm³/mol. The van der Waals surface area contributed by atoms with Gasteiger partial charge < -0.3 is 24.5 Å². The molecule has 0 atom stereocenters. The third kappa shape index (κ3) is 5.42. The highest BCUT2D eigenvalue weighted by Gasteiger charge is 2.26. The van der Waals surface area contributed by atoms with Gasteiger partial charge in [-0.2, -0.15) is 4.98 Å². The van der Waals surface area contributed by atoms with E-state index in [2.05, 4.69) is 26.4 Å². The average Bonchev–Trinajstić information content (AvgIpc) is 3.80. The summed E-state index contributed by atoms with van der Waals surface area (Å²) >= 11 is 1.73. The standard InChI is InChI=1S/C30H31N7O3S/c1-19-16-24(35-40-19)29(38)37-13-9-25-20(18-37)17-26(41-25)27-23-8-10-31-28(23)34-30(33-27)32-21-4-6-22(7-5-21)39-15-14-36-11-2-3-12-36/h4-8,10,16-17H,2-3,9,11-15,18H2,1H3,(H2,31,32,33,34). The Balaban J connectivity index is 1.07. The lowest BCUT2D eigenvalue weighted by atomic mass is 10.1. The van der Waals surface area contributed by atoms with Crippen molar-refractivity contribution in [1.29, 1.82) is 0 Å². The molecule has 1 amide bonds. The van der Waals surface area contributed by atoms with Gasteiger partial charge in [-0.15, -0.1) is 11.3 Å². The second kappa shape index (κ2) is 11.0. The van der Waals surface area contributed by atoms with Crippen molar-refractivity contribution in [2.45, 2.75) is 32.7 Å². The second-order valence-electron chi connectivity index (χ2n) is 10.5. The number of rotatable bonds is 8. The van der Waals surface area contributed by atoms with Crippen molar-refractivity contribution < 1.29 is 14.1 Å². The maximum absolute atomic E-state index is 12.9. The third-order valence-corrected chi connectivity index (χ3v) is 8.88. The van der Waals surface area contributed by atoms with E-state index >= 15 is 0 Å². The maximum atomic E-state index is 12.9. The number of anilines is 2. The number of likely N-dealkylation sites (tertiary alicyclic amines) is 1. The number of nitrogens with one attached hydrogen (secondary N) is 2. The Kier molecular flexibility index (Phi) is 6.89. The summed E-state index contributed by atoms with van der Waals surface area (Å²) in [6.45, 7) is 6.98. The van der Waals surface area contributed by atoms with E-state index in [1.807, 2.05) is 41.4 Å². The fourth-order valence-electron chi connectivity index (χ4n) is 5.50. The summed E-state index contributed by atoms with van der Waals surface area (Å²) in [5, 5.41) is 8.22. The van der Waals surface area contributed by atoms with E-state index in [0.717, 1.165) is 51.6 Å². The normalized spacial score (nSPS) is 15.4. The van der Waals surface area contributed by atoms with Crippen LogP contribution >= 0.6 is 11.3 Å². The highest BCUT2D eigenvalue weighted by Crippen LogP contribution is 2.37. The van der Waals surface area contributed by atoms with E-state index in [1.165, 1.54) is 30.8 Å². The summed E-state index contributed by atoms with van der Waals surface area (Å²) < 4.78 is 11.1. The van der Waals surface area contributed by atoms with E-state index in [-0.39, 0.29) is 5.91 Å². The molecule has 10 nitrogen and oxygen atoms in total. The molecule has 6 heterocycles. The SMILES string of the molecule is Cc1cc(C(=O)N2CCc3sc(-c4nc(Nc5ccc(OCCN6CCCC6)cc5)nc5[nH]ccc45)cc3C2)no1. The molecule has 0 spiro atoms. The van der Waals surface area contributed by atoms with Gasteiger partial charge >= 0.3 is 0 Å². The van der Waals surface area contributed by atoms with Crippen molar-refractivity contribution in [2.75, 3.05) is 38.1 Å². The Bertz CT molecular complexity index is 1680. The number of benzene rings is 1. The zero-order chi connectivity index (χ0) is 27.8. The quantitative estimate of drug-likeness (QED) is 0.256. The molecule has 0 aliphatic carbocycles. The van der Waals surface area contributed by atoms with Crippen molar-refractivity contribution in [2.24, 2.45) is 0 Å². The van der Waals surface area contributed by atoms with E-state index in [1.54, 1.807) is 24.3 Å². The first-order valence-corrected chi connectivity index (χ1v) is 14.8. The monoisotopic (exact) mass is 569 g/mol. The molecule has 11 heteroatoms. The molecule has 5 aromatic rings.